The van der Waals surface area contributed by atoms with Crippen molar-refractivity contribution in [1.29, 1.82) is 0 Å². The van der Waals surface area contributed by atoms with E-state index in [0.717, 1.165) is 36.6 Å². The van der Waals surface area contributed by atoms with Crippen LogP contribution in [0.2, 0.25) is 0 Å². The Kier molecular flexibility index (Phi) is 3.56. The van der Waals surface area contributed by atoms with Crippen LogP contribution in [0, 0.1) is 11.6 Å². The SMILES string of the molecule is O=C(Nc1cc(F)ccc1F)NC1CCc2ccccc21. The van der Waals surface area contributed by atoms with Gasteiger partial charge in [0, 0.05) is 6.07 Å². The van der Waals surface area contributed by atoms with Gasteiger partial charge in [0.2, 0.25) is 0 Å². The first-order chi connectivity index (χ1) is 10.1. The zero-order chi connectivity index (χ0) is 14.8. The Morgan fingerprint density at radius 2 is 1.95 bits per heavy atom. The van der Waals surface area contributed by atoms with Crippen molar-refractivity contribution in [3.8, 4) is 0 Å². The molecule has 0 saturated carbocycles. The van der Waals surface area contributed by atoms with E-state index >= 15 is 0 Å². The van der Waals surface area contributed by atoms with Crippen LogP contribution >= 0.6 is 0 Å². The van der Waals surface area contributed by atoms with Gasteiger partial charge in [0.25, 0.3) is 0 Å². The monoisotopic (exact) mass is 288 g/mol. The molecule has 2 aromatic carbocycles. The number of amides is 2. The summed E-state index contributed by atoms with van der Waals surface area (Å²) in [6.07, 6.45) is 1.70. The van der Waals surface area contributed by atoms with Crippen LogP contribution < -0.4 is 10.6 Å². The van der Waals surface area contributed by atoms with Gasteiger partial charge in [0.05, 0.1) is 11.7 Å². The quantitative estimate of drug-likeness (QED) is 0.867. The lowest BCUT2D eigenvalue weighted by Gasteiger charge is -2.15. The first-order valence-electron chi connectivity index (χ1n) is 6.74. The molecule has 2 aromatic rings. The van der Waals surface area contributed by atoms with E-state index < -0.39 is 17.7 Å². The fraction of sp³-hybridized carbons (Fsp3) is 0.188. The summed E-state index contributed by atoms with van der Waals surface area (Å²) in [6, 6.07) is 10.2. The number of hydrogen-bond acceptors (Lipinski definition) is 1. The maximum absolute atomic E-state index is 13.5. The molecule has 0 fully saturated rings. The molecule has 0 aliphatic heterocycles. The predicted molar refractivity (Wildman–Crippen MR) is 76.0 cm³/mol. The molecule has 1 atom stereocenters. The van der Waals surface area contributed by atoms with Gasteiger partial charge >= 0.3 is 6.03 Å². The molecule has 108 valence electrons. The van der Waals surface area contributed by atoms with Crippen molar-refractivity contribution in [2.45, 2.75) is 18.9 Å². The number of carbonyl (C=O) groups is 1. The number of rotatable bonds is 2. The highest BCUT2D eigenvalue weighted by Gasteiger charge is 2.23. The number of aryl methyl sites for hydroxylation is 1. The average Bonchev–Trinajstić information content (AvgIpc) is 2.86. The fourth-order valence-corrected chi connectivity index (χ4v) is 2.62. The molecule has 0 aromatic heterocycles. The highest BCUT2D eigenvalue weighted by atomic mass is 19.1. The maximum atomic E-state index is 13.5. The Morgan fingerprint density at radius 1 is 1.14 bits per heavy atom. The van der Waals surface area contributed by atoms with Crippen LogP contribution in [0.4, 0.5) is 19.3 Å². The molecule has 2 amide bonds. The van der Waals surface area contributed by atoms with E-state index in [2.05, 4.69) is 10.6 Å². The third-order valence-corrected chi connectivity index (χ3v) is 3.61. The summed E-state index contributed by atoms with van der Waals surface area (Å²) < 4.78 is 26.5. The molecule has 0 bridgehead atoms. The first kappa shape index (κ1) is 13.5. The lowest BCUT2D eigenvalue weighted by Crippen LogP contribution is -2.31. The number of urea groups is 1. The molecule has 3 nitrogen and oxygen atoms in total. The number of fused-ring (bicyclic) bond motifs is 1. The van der Waals surface area contributed by atoms with Crippen LogP contribution in [0.15, 0.2) is 42.5 Å². The summed E-state index contributed by atoms with van der Waals surface area (Å²) in [4.78, 5) is 11.9. The Labute approximate surface area is 121 Å². The van der Waals surface area contributed by atoms with Crippen molar-refractivity contribution in [3.05, 3.63) is 65.2 Å². The van der Waals surface area contributed by atoms with Crippen LogP contribution in [0.1, 0.15) is 23.6 Å². The van der Waals surface area contributed by atoms with E-state index in [1.165, 1.54) is 5.56 Å². The summed E-state index contributed by atoms with van der Waals surface area (Å²) >= 11 is 0. The van der Waals surface area contributed by atoms with E-state index in [4.69, 9.17) is 0 Å². The number of carbonyl (C=O) groups excluding carboxylic acids is 1. The molecule has 2 N–H and O–H groups in total. The summed E-state index contributed by atoms with van der Waals surface area (Å²) in [7, 11) is 0. The highest BCUT2D eigenvalue weighted by molar-refractivity contribution is 5.89. The molecule has 1 unspecified atom stereocenters. The van der Waals surface area contributed by atoms with E-state index in [0.29, 0.717) is 0 Å². The zero-order valence-electron chi connectivity index (χ0n) is 11.2. The van der Waals surface area contributed by atoms with Gasteiger partial charge in [-0.25, -0.2) is 13.6 Å². The molecule has 21 heavy (non-hydrogen) atoms. The van der Waals surface area contributed by atoms with Gasteiger partial charge in [-0.3, -0.25) is 0 Å². The number of benzene rings is 2. The van der Waals surface area contributed by atoms with E-state index in [1.54, 1.807) is 0 Å². The third kappa shape index (κ3) is 2.86. The molecule has 0 heterocycles. The maximum Gasteiger partial charge on any atom is 0.319 e. The minimum atomic E-state index is -0.668. The van der Waals surface area contributed by atoms with E-state index in [-0.39, 0.29) is 11.7 Å². The predicted octanol–water partition coefficient (Wildman–Crippen LogP) is 3.77. The van der Waals surface area contributed by atoms with Gasteiger partial charge in [0.1, 0.15) is 11.6 Å². The largest absolute Gasteiger partial charge is 0.331 e. The van der Waals surface area contributed by atoms with Crippen molar-refractivity contribution in [1.82, 2.24) is 5.32 Å². The van der Waals surface area contributed by atoms with Crippen LogP contribution in [0.3, 0.4) is 0 Å². The summed E-state index contributed by atoms with van der Waals surface area (Å²) in [5.41, 5.74) is 2.12. The summed E-state index contributed by atoms with van der Waals surface area (Å²) in [6.45, 7) is 0. The first-order valence-corrected chi connectivity index (χ1v) is 6.74. The molecule has 0 radical (unpaired) electrons. The molecule has 5 heteroatoms. The van der Waals surface area contributed by atoms with Gasteiger partial charge in [-0.15, -0.1) is 0 Å². The molecule has 1 aliphatic carbocycles. The lowest BCUT2D eigenvalue weighted by atomic mass is 10.1. The number of nitrogens with one attached hydrogen (secondary N) is 2. The fourth-order valence-electron chi connectivity index (χ4n) is 2.62. The van der Waals surface area contributed by atoms with Crippen LogP contribution in [0.5, 0.6) is 0 Å². The standard InChI is InChI=1S/C16H14F2N2O/c17-11-6-7-13(18)15(9-11)20-16(21)19-14-8-5-10-3-1-2-4-12(10)14/h1-4,6-7,9,14H,5,8H2,(H2,19,20,21). The van der Waals surface area contributed by atoms with Gasteiger partial charge in [-0.1, -0.05) is 24.3 Å². The van der Waals surface area contributed by atoms with Crippen molar-refractivity contribution < 1.29 is 13.6 Å². The Balaban J connectivity index is 1.69. The Bertz CT molecular complexity index is 688. The number of hydrogen-bond donors (Lipinski definition) is 2. The van der Waals surface area contributed by atoms with Gasteiger partial charge in [0.15, 0.2) is 0 Å². The zero-order valence-corrected chi connectivity index (χ0v) is 11.2. The van der Waals surface area contributed by atoms with Crippen molar-refractivity contribution in [2.75, 3.05) is 5.32 Å². The lowest BCUT2D eigenvalue weighted by molar-refractivity contribution is 0.248. The summed E-state index contributed by atoms with van der Waals surface area (Å²) in [5.74, 6) is -1.27. The third-order valence-electron chi connectivity index (χ3n) is 3.61. The van der Waals surface area contributed by atoms with Crippen LogP contribution in [-0.4, -0.2) is 6.03 Å². The Morgan fingerprint density at radius 3 is 2.81 bits per heavy atom. The van der Waals surface area contributed by atoms with Gasteiger partial charge < -0.3 is 10.6 Å². The molecular weight excluding hydrogens is 274 g/mol. The number of anilines is 1. The van der Waals surface area contributed by atoms with Gasteiger partial charge in [-0.05, 0) is 36.1 Å². The van der Waals surface area contributed by atoms with Crippen molar-refractivity contribution in [2.24, 2.45) is 0 Å². The van der Waals surface area contributed by atoms with E-state index in [9.17, 15) is 13.6 Å². The second-order valence-corrected chi connectivity index (χ2v) is 5.01. The second kappa shape index (κ2) is 5.52. The van der Waals surface area contributed by atoms with E-state index in [1.807, 2.05) is 24.3 Å². The van der Waals surface area contributed by atoms with Crippen LogP contribution in [0.25, 0.3) is 0 Å². The molecule has 3 rings (SSSR count). The number of halogens is 2. The minimum Gasteiger partial charge on any atom is -0.331 e. The Hall–Kier alpha value is -2.43. The highest BCUT2D eigenvalue weighted by Crippen LogP contribution is 2.30. The van der Waals surface area contributed by atoms with Crippen molar-refractivity contribution >= 4 is 11.7 Å². The van der Waals surface area contributed by atoms with Crippen LogP contribution in [-0.2, 0) is 6.42 Å². The smallest absolute Gasteiger partial charge is 0.319 e. The van der Waals surface area contributed by atoms with Gasteiger partial charge in [-0.2, -0.15) is 0 Å². The second-order valence-electron chi connectivity index (χ2n) is 5.01. The molecular formula is C16H14F2N2O. The molecule has 1 aliphatic rings. The topological polar surface area (TPSA) is 41.1 Å². The normalized spacial score (nSPS) is 16.4. The minimum absolute atomic E-state index is 0.0992. The summed E-state index contributed by atoms with van der Waals surface area (Å²) in [5, 5.41) is 5.13. The molecule has 0 spiro atoms. The molecule has 0 saturated heterocycles. The van der Waals surface area contributed by atoms with Crippen molar-refractivity contribution in [3.63, 3.8) is 0 Å². The average molecular weight is 288 g/mol.